The molecule has 0 saturated heterocycles. The van der Waals surface area contributed by atoms with Gasteiger partial charge in [0.05, 0.1) is 4.92 Å². The zero-order chi connectivity index (χ0) is 18.2. The van der Waals surface area contributed by atoms with E-state index in [1.807, 2.05) is 22.6 Å². The molecule has 0 atom stereocenters. The van der Waals surface area contributed by atoms with Gasteiger partial charge in [-0.2, -0.15) is 13.2 Å². The molecular formula is C16H22F3IN2O2. The van der Waals surface area contributed by atoms with Crippen molar-refractivity contribution >= 4 is 34.0 Å². The summed E-state index contributed by atoms with van der Waals surface area (Å²) in [6, 6.07) is 3.16. The van der Waals surface area contributed by atoms with Gasteiger partial charge in [0.2, 0.25) is 0 Å². The lowest BCUT2D eigenvalue weighted by Crippen LogP contribution is -2.06. The lowest BCUT2D eigenvalue weighted by atomic mass is 10.0. The number of nitro benzene ring substituents is 1. The van der Waals surface area contributed by atoms with Gasteiger partial charge in [-0.05, 0) is 47.9 Å². The number of anilines is 1. The molecule has 0 aliphatic heterocycles. The molecule has 1 aromatic rings. The van der Waals surface area contributed by atoms with Gasteiger partial charge < -0.3 is 5.73 Å². The summed E-state index contributed by atoms with van der Waals surface area (Å²) in [5.41, 5.74) is 7.09. The predicted octanol–water partition coefficient (Wildman–Crippen LogP) is 6.01. The third-order valence-corrected chi connectivity index (χ3v) is 4.74. The van der Waals surface area contributed by atoms with Crippen molar-refractivity contribution < 1.29 is 18.1 Å². The Bertz CT molecular complexity index is 551. The Balaban J connectivity index is 2.24. The van der Waals surface area contributed by atoms with Crippen LogP contribution in [-0.4, -0.2) is 11.1 Å². The van der Waals surface area contributed by atoms with Crippen LogP contribution >= 0.6 is 22.6 Å². The predicted molar refractivity (Wildman–Crippen MR) is 96.9 cm³/mol. The first kappa shape index (κ1) is 21.0. The average Bonchev–Trinajstić information content (AvgIpc) is 2.47. The van der Waals surface area contributed by atoms with Crippen LogP contribution in [0, 0.1) is 13.7 Å². The van der Waals surface area contributed by atoms with Crippen LogP contribution in [0.2, 0.25) is 0 Å². The molecule has 0 amide bonds. The van der Waals surface area contributed by atoms with Crippen molar-refractivity contribution in [2.24, 2.45) is 0 Å². The van der Waals surface area contributed by atoms with Crippen molar-refractivity contribution in [1.29, 1.82) is 0 Å². The van der Waals surface area contributed by atoms with Gasteiger partial charge in [0.1, 0.15) is 0 Å². The zero-order valence-electron chi connectivity index (χ0n) is 13.4. The molecule has 4 nitrogen and oxygen atoms in total. The van der Waals surface area contributed by atoms with Crippen LogP contribution in [0.5, 0.6) is 0 Å². The number of unbranched alkanes of at least 4 members (excludes halogenated alkanes) is 6. The quantitative estimate of drug-likeness (QED) is 0.154. The maximum atomic E-state index is 12.0. The number of rotatable bonds is 10. The molecule has 0 aliphatic carbocycles. The average molecular weight is 458 g/mol. The molecule has 8 heteroatoms. The molecule has 136 valence electrons. The molecule has 1 rings (SSSR count). The highest BCUT2D eigenvalue weighted by atomic mass is 127. The molecule has 0 fully saturated rings. The number of nitrogens with two attached hydrogens (primary N) is 1. The highest BCUT2D eigenvalue weighted by molar-refractivity contribution is 14.1. The van der Waals surface area contributed by atoms with Gasteiger partial charge in [0.25, 0.3) is 5.69 Å². The highest BCUT2D eigenvalue weighted by Gasteiger charge is 2.25. The maximum absolute atomic E-state index is 12.0. The normalized spacial score (nSPS) is 11.7. The third kappa shape index (κ3) is 8.16. The van der Waals surface area contributed by atoms with Gasteiger partial charge in [-0.15, -0.1) is 0 Å². The first-order chi connectivity index (χ1) is 11.2. The Morgan fingerprint density at radius 2 is 1.58 bits per heavy atom. The molecule has 0 bridgehead atoms. The van der Waals surface area contributed by atoms with Gasteiger partial charge in [0, 0.05) is 27.3 Å². The van der Waals surface area contributed by atoms with Crippen LogP contribution in [0.4, 0.5) is 24.5 Å². The first-order valence-electron chi connectivity index (χ1n) is 8.00. The van der Waals surface area contributed by atoms with Crippen molar-refractivity contribution in [2.45, 2.75) is 64.0 Å². The molecule has 0 unspecified atom stereocenters. The number of hydrogen-bond acceptors (Lipinski definition) is 3. The molecule has 2 N–H and O–H groups in total. The zero-order valence-corrected chi connectivity index (χ0v) is 15.5. The van der Waals surface area contributed by atoms with E-state index < -0.39 is 17.5 Å². The Morgan fingerprint density at radius 3 is 2.12 bits per heavy atom. The minimum atomic E-state index is -4.05. The summed E-state index contributed by atoms with van der Waals surface area (Å²) in [7, 11) is 0. The minimum absolute atomic E-state index is 0.0979. The highest BCUT2D eigenvalue weighted by Crippen LogP contribution is 2.28. The number of aryl methyl sites for hydroxylation is 1. The van der Waals surface area contributed by atoms with E-state index >= 15 is 0 Å². The van der Waals surface area contributed by atoms with E-state index in [0.717, 1.165) is 32.1 Å². The largest absolute Gasteiger partial charge is 0.398 e. The summed E-state index contributed by atoms with van der Waals surface area (Å²) in [5, 5.41) is 11.1. The fourth-order valence-corrected chi connectivity index (χ4v) is 2.97. The summed E-state index contributed by atoms with van der Waals surface area (Å²) < 4.78 is 36.6. The third-order valence-electron chi connectivity index (χ3n) is 3.80. The second-order valence-electron chi connectivity index (χ2n) is 5.85. The maximum Gasteiger partial charge on any atom is 0.389 e. The van der Waals surface area contributed by atoms with Gasteiger partial charge >= 0.3 is 6.18 Å². The van der Waals surface area contributed by atoms with E-state index in [1.54, 1.807) is 6.07 Å². The standard InChI is InChI=1S/C16H22F3IN2O2/c17-16(18,19)9-7-5-3-1-2-4-6-8-12-10-14(21)13(20)11-15(12)22(23)24/h10-11H,1-9,21H2. The second kappa shape index (κ2) is 10.0. The van der Waals surface area contributed by atoms with E-state index in [-0.39, 0.29) is 12.1 Å². The number of halogens is 4. The van der Waals surface area contributed by atoms with Crippen molar-refractivity contribution in [3.05, 3.63) is 31.4 Å². The summed E-state index contributed by atoms with van der Waals surface area (Å²) in [5.74, 6) is 0. The number of nitrogens with zero attached hydrogens (tertiary/aromatic N) is 1. The van der Waals surface area contributed by atoms with Crippen LogP contribution in [-0.2, 0) is 6.42 Å². The monoisotopic (exact) mass is 458 g/mol. The summed E-state index contributed by atoms with van der Waals surface area (Å²) in [6.45, 7) is 0. The van der Waals surface area contributed by atoms with Crippen molar-refractivity contribution in [3.8, 4) is 0 Å². The van der Waals surface area contributed by atoms with E-state index in [4.69, 9.17) is 5.73 Å². The molecule has 0 saturated carbocycles. The van der Waals surface area contributed by atoms with Gasteiger partial charge in [-0.3, -0.25) is 10.1 Å². The van der Waals surface area contributed by atoms with Crippen LogP contribution in [0.25, 0.3) is 0 Å². The molecule has 24 heavy (non-hydrogen) atoms. The summed E-state index contributed by atoms with van der Waals surface area (Å²) in [6.07, 6.45) is 0.962. The fourth-order valence-electron chi connectivity index (χ4n) is 2.52. The van der Waals surface area contributed by atoms with Crippen LogP contribution < -0.4 is 5.73 Å². The number of hydrogen-bond donors (Lipinski definition) is 1. The smallest absolute Gasteiger partial charge is 0.389 e. The number of benzene rings is 1. The molecule has 0 heterocycles. The van der Waals surface area contributed by atoms with E-state index in [2.05, 4.69) is 0 Å². The Kier molecular flexibility index (Phi) is 8.79. The van der Waals surface area contributed by atoms with Crippen molar-refractivity contribution in [3.63, 3.8) is 0 Å². The fraction of sp³-hybridized carbons (Fsp3) is 0.625. The lowest BCUT2D eigenvalue weighted by molar-refractivity contribution is -0.385. The van der Waals surface area contributed by atoms with E-state index in [1.165, 1.54) is 6.07 Å². The number of nitro groups is 1. The van der Waals surface area contributed by atoms with E-state index in [9.17, 15) is 23.3 Å². The minimum Gasteiger partial charge on any atom is -0.398 e. The number of nitrogen functional groups attached to an aromatic ring is 1. The van der Waals surface area contributed by atoms with Crippen molar-refractivity contribution in [2.75, 3.05) is 5.73 Å². The summed E-state index contributed by atoms with van der Waals surface area (Å²) >= 11 is 1.97. The molecule has 1 aromatic carbocycles. The van der Waals surface area contributed by atoms with Gasteiger partial charge in [0.15, 0.2) is 0 Å². The van der Waals surface area contributed by atoms with Crippen molar-refractivity contribution in [1.82, 2.24) is 0 Å². The van der Waals surface area contributed by atoms with Crippen LogP contribution in [0.15, 0.2) is 12.1 Å². The number of alkyl halides is 3. The second-order valence-corrected chi connectivity index (χ2v) is 7.01. The molecule has 0 aliphatic rings. The molecule has 0 aromatic heterocycles. The van der Waals surface area contributed by atoms with Crippen LogP contribution in [0.3, 0.4) is 0 Å². The topological polar surface area (TPSA) is 69.2 Å². The lowest BCUT2D eigenvalue weighted by Gasteiger charge is -2.07. The Morgan fingerprint density at radius 1 is 1.04 bits per heavy atom. The Hall–Kier alpha value is -1.06. The molecule has 0 radical (unpaired) electrons. The SMILES string of the molecule is Nc1cc(CCCCCCCCCC(F)(F)F)c([N+](=O)[O-])cc1I. The van der Waals surface area contributed by atoms with E-state index in [0.29, 0.717) is 27.7 Å². The molecule has 0 spiro atoms. The first-order valence-corrected chi connectivity index (χ1v) is 9.07. The van der Waals surface area contributed by atoms with Gasteiger partial charge in [-0.1, -0.05) is 32.1 Å². The van der Waals surface area contributed by atoms with Gasteiger partial charge in [-0.25, -0.2) is 0 Å². The Labute approximate surface area is 153 Å². The molecular weight excluding hydrogens is 436 g/mol. The van der Waals surface area contributed by atoms with Crippen LogP contribution in [0.1, 0.15) is 56.9 Å². The summed E-state index contributed by atoms with van der Waals surface area (Å²) in [4.78, 5) is 10.7.